The van der Waals surface area contributed by atoms with Gasteiger partial charge in [0.05, 0.1) is 11.7 Å². The summed E-state index contributed by atoms with van der Waals surface area (Å²) in [6, 6.07) is 0.460. The molecule has 2 heterocycles. The van der Waals surface area contributed by atoms with Crippen molar-refractivity contribution in [2.24, 2.45) is 0 Å². The zero-order valence-corrected chi connectivity index (χ0v) is 12.6. The lowest BCUT2D eigenvalue weighted by Crippen LogP contribution is -2.29. The molecule has 2 aliphatic rings. The van der Waals surface area contributed by atoms with Crippen LogP contribution in [0.1, 0.15) is 20.8 Å². The highest BCUT2D eigenvalue weighted by Gasteiger charge is 2.35. The van der Waals surface area contributed by atoms with Crippen molar-refractivity contribution in [3.8, 4) is 0 Å². The molecule has 0 aromatic rings. The zero-order chi connectivity index (χ0) is 15.4. The van der Waals surface area contributed by atoms with E-state index in [4.69, 9.17) is 5.41 Å². The number of hydrazine groups is 2. The lowest BCUT2D eigenvalue weighted by atomic mass is 10.1. The molecule has 2 rings (SSSR count). The van der Waals surface area contributed by atoms with Gasteiger partial charge in [0.15, 0.2) is 0 Å². The van der Waals surface area contributed by atoms with Crippen molar-refractivity contribution < 1.29 is 4.39 Å². The number of halogens is 1. The lowest BCUT2D eigenvalue weighted by Gasteiger charge is -2.08. The van der Waals surface area contributed by atoms with Crippen LogP contribution in [-0.2, 0) is 0 Å². The summed E-state index contributed by atoms with van der Waals surface area (Å²) in [5.41, 5.74) is 5.63. The van der Waals surface area contributed by atoms with Gasteiger partial charge in [-0.25, -0.2) is 9.40 Å². The number of nitrogens with zero attached hydrogens (tertiary/aromatic N) is 2. The third-order valence-corrected chi connectivity index (χ3v) is 3.32. The summed E-state index contributed by atoms with van der Waals surface area (Å²) < 4.78 is 13.2. The minimum Gasteiger partial charge on any atom is -0.308 e. The van der Waals surface area contributed by atoms with Gasteiger partial charge in [-0.1, -0.05) is 18.2 Å². The maximum absolute atomic E-state index is 13.2. The fraction of sp³-hybridized carbons (Fsp3) is 0.312. The first kappa shape index (κ1) is 15.4. The van der Waals surface area contributed by atoms with Crippen LogP contribution in [0.5, 0.6) is 0 Å². The van der Waals surface area contributed by atoms with E-state index in [9.17, 15) is 4.39 Å². The van der Waals surface area contributed by atoms with Gasteiger partial charge in [0.25, 0.3) is 0 Å². The SMILES string of the molecule is C/C=C\C1CN1NN1C=C1/C=C(C=N)/C(C)=C/C(F)=C\C. The van der Waals surface area contributed by atoms with E-state index in [1.807, 2.05) is 30.3 Å². The van der Waals surface area contributed by atoms with E-state index in [0.717, 1.165) is 17.8 Å². The van der Waals surface area contributed by atoms with Crippen LogP contribution in [0.3, 0.4) is 0 Å². The molecule has 112 valence electrons. The van der Waals surface area contributed by atoms with Gasteiger partial charge in [0.1, 0.15) is 5.83 Å². The van der Waals surface area contributed by atoms with Crippen molar-refractivity contribution in [2.45, 2.75) is 26.8 Å². The van der Waals surface area contributed by atoms with E-state index in [1.54, 1.807) is 13.8 Å². The second-order valence-electron chi connectivity index (χ2n) is 5.01. The number of nitrogens with one attached hydrogen (secondary N) is 2. The summed E-state index contributed by atoms with van der Waals surface area (Å²) in [6.45, 7) is 6.45. The third kappa shape index (κ3) is 4.24. The molecule has 0 amide bonds. The Morgan fingerprint density at radius 3 is 2.86 bits per heavy atom. The van der Waals surface area contributed by atoms with Crippen LogP contribution in [-0.4, -0.2) is 28.8 Å². The fourth-order valence-electron chi connectivity index (χ4n) is 1.89. The molecule has 5 heteroatoms. The summed E-state index contributed by atoms with van der Waals surface area (Å²) in [5.74, 6) is -0.293. The van der Waals surface area contributed by atoms with Crippen LogP contribution in [0.15, 0.2) is 59.3 Å². The predicted molar refractivity (Wildman–Crippen MR) is 83.9 cm³/mol. The molecule has 4 nitrogen and oxygen atoms in total. The predicted octanol–water partition coefficient (Wildman–Crippen LogP) is 3.22. The highest BCUT2D eigenvalue weighted by Crippen LogP contribution is 2.26. The molecule has 2 unspecified atom stereocenters. The Balaban J connectivity index is 1.90. The van der Waals surface area contributed by atoms with Crippen molar-refractivity contribution in [2.75, 3.05) is 6.54 Å². The monoisotopic (exact) mass is 288 g/mol. The highest BCUT2D eigenvalue weighted by molar-refractivity contribution is 5.83. The standard InChI is InChI=1S/C16H21FN4/c1-4-6-15-10-20(15)19-21-11-16(21)8-13(9-18)12(3)7-14(17)5-2/h4-9,11,15,18-19H,10H2,1-3H3/b6-4-,12-7+,13-8+,14-5+,18-9?. The Bertz CT molecular complexity index is 569. The molecule has 1 saturated heterocycles. The Labute approximate surface area is 125 Å². The molecular formula is C16H21FN4. The Morgan fingerprint density at radius 2 is 2.24 bits per heavy atom. The largest absolute Gasteiger partial charge is 0.308 e. The molecule has 2 N–H and O–H groups in total. The molecule has 0 bridgehead atoms. The van der Waals surface area contributed by atoms with Gasteiger partial charge in [-0.15, -0.1) is 0 Å². The normalized spacial score (nSPS) is 26.2. The van der Waals surface area contributed by atoms with Crippen molar-refractivity contribution in [3.05, 3.63) is 59.3 Å². The van der Waals surface area contributed by atoms with Gasteiger partial charge >= 0.3 is 0 Å². The molecule has 0 aliphatic carbocycles. The maximum atomic E-state index is 13.2. The van der Waals surface area contributed by atoms with Crippen LogP contribution in [0, 0.1) is 5.41 Å². The molecule has 0 aromatic heterocycles. The van der Waals surface area contributed by atoms with E-state index >= 15 is 0 Å². The van der Waals surface area contributed by atoms with Crippen molar-refractivity contribution in [3.63, 3.8) is 0 Å². The summed E-state index contributed by atoms with van der Waals surface area (Å²) >= 11 is 0. The van der Waals surface area contributed by atoms with Crippen molar-refractivity contribution in [1.82, 2.24) is 15.6 Å². The smallest absolute Gasteiger partial charge is 0.119 e. The van der Waals surface area contributed by atoms with E-state index < -0.39 is 0 Å². The maximum Gasteiger partial charge on any atom is 0.119 e. The van der Waals surface area contributed by atoms with Gasteiger partial charge in [-0.2, -0.15) is 5.53 Å². The van der Waals surface area contributed by atoms with Gasteiger partial charge in [-0.05, 0) is 44.1 Å². The van der Waals surface area contributed by atoms with E-state index in [1.165, 1.54) is 18.4 Å². The van der Waals surface area contributed by atoms with Crippen LogP contribution >= 0.6 is 0 Å². The quantitative estimate of drug-likeness (QED) is 0.327. The summed E-state index contributed by atoms with van der Waals surface area (Å²) in [6.07, 6.45) is 12.1. The first-order chi connectivity index (χ1) is 10.1. The van der Waals surface area contributed by atoms with E-state index in [0.29, 0.717) is 11.6 Å². The Morgan fingerprint density at radius 1 is 1.48 bits per heavy atom. The average Bonchev–Trinajstić information content (AvgIpc) is 3.36. The molecule has 0 radical (unpaired) electrons. The number of hydrogen-bond acceptors (Lipinski definition) is 4. The molecule has 2 aliphatic heterocycles. The molecule has 0 spiro atoms. The fourth-order valence-corrected chi connectivity index (χ4v) is 1.89. The summed E-state index contributed by atoms with van der Waals surface area (Å²) in [7, 11) is 0. The van der Waals surface area contributed by atoms with Crippen molar-refractivity contribution in [1.29, 1.82) is 5.41 Å². The zero-order valence-electron chi connectivity index (χ0n) is 12.6. The van der Waals surface area contributed by atoms with Crippen LogP contribution in [0.25, 0.3) is 0 Å². The number of rotatable bonds is 7. The Kier molecular flexibility index (Phi) is 4.88. The topological polar surface area (TPSA) is 41.9 Å². The summed E-state index contributed by atoms with van der Waals surface area (Å²) in [4.78, 5) is 0. The third-order valence-electron chi connectivity index (χ3n) is 3.32. The van der Waals surface area contributed by atoms with Gasteiger partial charge in [-0.3, -0.25) is 5.01 Å². The first-order valence-electron chi connectivity index (χ1n) is 6.98. The molecule has 2 atom stereocenters. The number of hydrogen-bond donors (Lipinski definition) is 2. The molecule has 0 saturated carbocycles. The molecular weight excluding hydrogens is 267 g/mol. The highest BCUT2D eigenvalue weighted by atomic mass is 19.1. The van der Waals surface area contributed by atoms with Crippen LogP contribution in [0.4, 0.5) is 4.39 Å². The second kappa shape index (κ2) is 6.65. The van der Waals surface area contributed by atoms with Gasteiger partial charge < -0.3 is 5.41 Å². The Hall–Kier alpha value is -1.98. The molecule has 1 fully saturated rings. The van der Waals surface area contributed by atoms with Crippen molar-refractivity contribution >= 4 is 6.21 Å². The minimum absolute atomic E-state index is 0.293. The van der Waals surface area contributed by atoms with Crippen LogP contribution in [0.2, 0.25) is 0 Å². The van der Waals surface area contributed by atoms with E-state index in [2.05, 4.69) is 16.6 Å². The molecule has 0 aromatic carbocycles. The van der Waals surface area contributed by atoms with E-state index in [-0.39, 0.29) is 5.83 Å². The summed E-state index contributed by atoms with van der Waals surface area (Å²) in [5, 5.41) is 11.5. The average molecular weight is 288 g/mol. The lowest BCUT2D eigenvalue weighted by molar-refractivity contribution is 0.240. The molecule has 21 heavy (non-hydrogen) atoms. The minimum atomic E-state index is -0.293. The second-order valence-corrected chi connectivity index (χ2v) is 5.01. The van der Waals surface area contributed by atoms with Crippen LogP contribution < -0.4 is 5.53 Å². The van der Waals surface area contributed by atoms with Gasteiger partial charge in [0, 0.05) is 19.0 Å². The number of allylic oxidation sites excluding steroid dienone is 7. The van der Waals surface area contributed by atoms with Gasteiger partial charge in [0.2, 0.25) is 0 Å². The first-order valence-corrected chi connectivity index (χ1v) is 6.98.